The van der Waals surface area contributed by atoms with E-state index < -0.39 is 5.92 Å². The van der Waals surface area contributed by atoms with Gasteiger partial charge in [0.05, 0.1) is 12.0 Å². The summed E-state index contributed by atoms with van der Waals surface area (Å²) in [7, 11) is 0. The van der Waals surface area contributed by atoms with Crippen LogP contribution in [0.1, 0.15) is 22.9 Å². The van der Waals surface area contributed by atoms with Crippen molar-refractivity contribution in [1.82, 2.24) is 5.32 Å². The summed E-state index contributed by atoms with van der Waals surface area (Å²) in [5.74, 6) is 0.598. The Bertz CT molecular complexity index is 1120. The third-order valence-corrected chi connectivity index (χ3v) is 6.67. The molecule has 31 heavy (non-hydrogen) atoms. The van der Waals surface area contributed by atoms with E-state index in [9.17, 15) is 9.59 Å². The molecule has 1 N–H and O–H groups in total. The molecule has 2 aliphatic heterocycles. The molecule has 2 amide bonds. The molecule has 8 heteroatoms. The first kappa shape index (κ1) is 19.9. The summed E-state index contributed by atoms with van der Waals surface area (Å²) in [6, 6.07) is 16.5. The predicted octanol–water partition coefficient (Wildman–Crippen LogP) is 4.39. The molecule has 2 aromatic carbocycles. The normalized spacial score (nSPS) is 18.3. The number of ether oxygens (including phenoxy) is 2. The van der Waals surface area contributed by atoms with E-state index in [1.54, 1.807) is 28.4 Å². The number of hydrogen-bond acceptors (Lipinski definition) is 5. The van der Waals surface area contributed by atoms with Crippen LogP contribution in [-0.4, -0.2) is 25.2 Å². The molecule has 0 aliphatic carbocycles. The number of carbonyl (C=O) groups is 2. The number of carbonyl (C=O) groups excluding carboxylic acids is 2. The number of amides is 2. The number of nitrogens with one attached hydrogen (secondary N) is 1. The van der Waals surface area contributed by atoms with Gasteiger partial charge in [0.15, 0.2) is 11.5 Å². The summed E-state index contributed by atoms with van der Waals surface area (Å²) in [6.45, 7) is 0.495. The minimum atomic E-state index is -0.437. The Morgan fingerprint density at radius 2 is 1.94 bits per heavy atom. The minimum absolute atomic E-state index is 0.0850. The van der Waals surface area contributed by atoms with Crippen molar-refractivity contribution in [3.8, 4) is 11.5 Å². The molecule has 1 aromatic heterocycles. The maximum atomic E-state index is 13.1. The van der Waals surface area contributed by atoms with Gasteiger partial charge in [0, 0.05) is 34.6 Å². The lowest BCUT2D eigenvalue weighted by Crippen LogP contribution is -2.35. The first-order valence-electron chi connectivity index (χ1n) is 9.88. The number of thiophene rings is 1. The highest BCUT2D eigenvalue weighted by molar-refractivity contribution is 7.10. The number of benzene rings is 2. The molecule has 1 saturated heterocycles. The van der Waals surface area contributed by atoms with Crippen LogP contribution in [-0.2, 0) is 9.59 Å². The highest BCUT2D eigenvalue weighted by Gasteiger charge is 2.36. The van der Waals surface area contributed by atoms with Gasteiger partial charge in [-0.05, 0) is 41.3 Å². The average molecular weight is 455 g/mol. The fourth-order valence-electron chi connectivity index (χ4n) is 3.88. The summed E-state index contributed by atoms with van der Waals surface area (Å²) < 4.78 is 10.7. The highest BCUT2D eigenvalue weighted by Crippen LogP contribution is 2.37. The number of fused-ring (bicyclic) bond motifs is 1. The third kappa shape index (κ3) is 3.98. The Morgan fingerprint density at radius 3 is 2.71 bits per heavy atom. The fraction of sp³-hybridized carbons (Fsp3) is 0.217. The van der Waals surface area contributed by atoms with Crippen molar-refractivity contribution in [3.05, 3.63) is 75.4 Å². The number of anilines is 1. The number of hydrogen-bond donors (Lipinski definition) is 1. The van der Waals surface area contributed by atoms with Gasteiger partial charge in [-0.2, -0.15) is 0 Å². The second-order valence-electron chi connectivity index (χ2n) is 7.45. The lowest BCUT2D eigenvalue weighted by molar-refractivity contribution is -0.126. The molecular weight excluding hydrogens is 436 g/mol. The average Bonchev–Trinajstić information content (AvgIpc) is 3.53. The second-order valence-corrected chi connectivity index (χ2v) is 8.87. The molecule has 2 unspecified atom stereocenters. The van der Waals surface area contributed by atoms with Gasteiger partial charge in [-0.1, -0.05) is 29.8 Å². The summed E-state index contributed by atoms with van der Waals surface area (Å²) in [4.78, 5) is 28.5. The van der Waals surface area contributed by atoms with Crippen molar-refractivity contribution in [2.24, 2.45) is 5.92 Å². The highest BCUT2D eigenvalue weighted by atomic mass is 35.5. The van der Waals surface area contributed by atoms with Crippen molar-refractivity contribution < 1.29 is 19.1 Å². The van der Waals surface area contributed by atoms with Gasteiger partial charge in [-0.15, -0.1) is 11.3 Å². The van der Waals surface area contributed by atoms with Gasteiger partial charge in [-0.3, -0.25) is 9.59 Å². The standard InChI is InChI=1S/C23H19ClN2O4S/c24-16-5-3-14(4-6-16)22(20-2-1-9-31-20)25-23(28)15-10-21(27)26(12-15)17-7-8-18-19(11-17)30-13-29-18/h1-9,11,15,22H,10,12-13H2,(H,25,28). The van der Waals surface area contributed by atoms with E-state index in [0.717, 1.165) is 10.4 Å². The zero-order valence-electron chi connectivity index (χ0n) is 16.4. The molecule has 0 spiro atoms. The third-order valence-electron chi connectivity index (χ3n) is 5.48. The van der Waals surface area contributed by atoms with Crippen LogP contribution in [0.25, 0.3) is 0 Å². The van der Waals surface area contributed by atoms with Crippen LogP contribution in [0.4, 0.5) is 5.69 Å². The topological polar surface area (TPSA) is 67.9 Å². The number of rotatable bonds is 5. The van der Waals surface area contributed by atoms with E-state index in [4.69, 9.17) is 21.1 Å². The van der Waals surface area contributed by atoms with Crippen LogP contribution in [0.15, 0.2) is 60.0 Å². The van der Waals surface area contributed by atoms with Crippen LogP contribution in [0.2, 0.25) is 5.02 Å². The molecule has 2 atom stereocenters. The molecule has 5 rings (SSSR count). The Kier molecular flexibility index (Phi) is 5.29. The monoisotopic (exact) mass is 454 g/mol. The van der Waals surface area contributed by atoms with Crippen molar-refractivity contribution in [1.29, 1.82) is 0 Å². The van der Waals surface area contributed by atoms with Crippen molar-refractivity contribution in [2.45, 2.75) is 12.5 Å². The molecule has 3 heterocycles. The number of nitrogens with zero attached hydrogens (tertiary/aromatic N) is 1. The van der Waals surface area contributed by atoms with Gasteiger partial charge in [0.25, 0.3) is 0 Å². The molecule has 0 bridgehead atoms. The fourth-order valence-corrected chi connectivity index (χ4v) is 4.80. The molecule has 0 radical (unpaired) electrons. The lowest BCUT2D eigenvalue weighted by atomic mass is 10.0. The van der Waals surface area contributed by atoms with Crippen LogP contribution >= 0.6 is 22.9 Å². The smallest absolute Gasteiger partial charge is 0.231 e. The summed E-state index contributed by atoms with van der Waals surface area (Å²) in [5, 5.41) is 5.75. The molecule has 0 saturated carbocycles. The summed E-state index contributed by atoms with van der Waals surface area (Å²) in [5.41, 5.74) is 1.65. The van der Waals surface area contributed by atoms with E-state index in [0.29, 0.717) is 28.8 Å². The largest absolute Gasteiger partial charge is 0.454 e. The summed E-state index contributed by atoms with van der Waals surface area (Å²) >= 11 is 7.60. The first-order chi connectivity index (χ1) is 15.1. The molecule has 158 valence electrons. The number of halogens is 1. The van der Waals surface area contributed by atoms with Gasteiger partial charge >= 0.3 is 0 Å². The Hall–Kier alpha value is -3.03. The Morgan fingerprint density at radius 1 is 1.13 bits per heavy atom. The Balaban J connectivity index is 1.33. The minimum Gasteiger partial charge on any atom is -0.454 e. The molecule has 6 nitrogen and oxygen atoms in total. The van der Waals surface area contributed by atoms with Gasteiger partial charge < -0.3 is 19.7 Å². The van der Waals surface area contributed by atoms with Gasteiger partial charge in [0.1, 0.15) is 0 Å². The van der Waals surface area contributed by atoms with Crippen LogP contribution in [0.3, 0.4) is 0 Å². The van der Waals surface area contributed by atoms with E-state index in [2.05, 4.69) is 5.32 Å². The maximum Gasteiger partial charge on any atom is 0.231 e. The van der Waals surface area contributed by atoms with Crippen LogP contribution in [0, 0.1) is 5.92 Å². The molecule has 3 aromatic rings. The van der Waals surface area contributed by atoms with E-state index in [-0.39, 0.29) is 31.1 Å². The van der Waals surface area contributed by atoms with Crippen LogP contribution in [0.5, 0.6) is 11.5 Å². The van der Waals surface area contributed by atoms with Crippen molar-refractivity contribution >= 4 is 40.4 Å². The molecular formula is C23H19ClN2O4S. The zero-order chi connectivity index (χ0) is 21.4. The zero-order valence-corrected chi connectivity index (χ0v) is 18.0. The second kappa shape index (κ2) is 8.24. The van der Waals surface area contributed by atoms with E-state index >= 15 is 0 Å². The van der Waals surface area contributed by atoms with Crippen molar-refractivity contribution in [3.63, 3.8) is 0 Å². The van der Waals surface area contributed by atoms with Gasteiger partial charge in [-0.25, -0.2) is 0 Å². The lowest BCUT2D eigenvalue weighted by Gasteiger charge is -2.21. The molecule has 2 aliphatic rings. The quantitative estimate of drug-likeness (QED) is 0.621. The van der Waals surface area contributed by atoms with E-state index in [1.807, 2.05) is 47.8 Å². The molecule has 1 fully saturated rings. The van der Waals surface area contributed by atoms with Crippen molar-refractivity contribution in [2.75, 3.05) is 18.2 Å². The first-order valence-corrected chi connectivity index (χ1v) is 11.1. The SMILES string of the molecule is O=C(NC(c1ccc(Cl)cc1)c1cccs1)C1CC(=O)N(c2ccc3c(c2)OCO3)C1. The predicted molar refractivity (Wildman–Crippen MR) is 119 cm³/mol. The van der Waals surface area contributed by atoms with Crippen LogP contribution < -0.4 is 19.7 Å². The Labute approximate surface area is 188 Å². The maximum absolute atomic E-state index is 13.1. The van der Waals surface area contributed by atoms with E-state index in [1.165, 1.54) is 0 Å². The van der Waals surface area contributed by atoms with Gasteiger partial charge in [0.2, 0.25) is 18.6 Å². The summed E-state index contributed by atoms with van der Waals surface area (Å²) in [6.07, 6.45) is 0.165.